The maximum absolute atomic E-state index is 12.5. The van der Waals surface area contributed by atoms with Crippen molar-refractivity contribution in [2.75, 3.05) is 13.2 Å². The van der Waals surface area contributed by atoms with Gasteiger partial charge in [-0.25, -0.2) is 4.79 Å². The van der Waals surface area contributed by atoms with Crippen molar-refractivity contribution in [2.45, 2.75) is 84.6 Å². The van der Waals surface area contributed by atoms with Gasteiger partial charge in [-0.15, -0.1) is 0 Å². The minimum atomic E-state index is -1.16. The fraction of sp³-hybridized carbons (Fsp3) is 0.583. The van der Waals surface area contributed by atoms with E-state index in [-0.39, 0.29) is 36.3 Å². The topological polar surface area (TPSA) is 150 Å². The van der Waals surface area contributed by atoms with Gasteiger partial charge in [-0.2, -0.15) is 0 Å². The molecule has 3 saturated carbocycles. The molecule has 4 aliphatic carbocycles. The average Bonchev–Trinajstić information content (AvgIpc) is 3.60. The van der Waals surface area contributed by atoms with Crippen molar-refractivity contribution in [1.82, 2.24) is 15.6 Å². The van der Waals surface area contributed by atoms with Crippen LogP contribution in [0.3, 0.4) is 0 Å². The lowest BCUT2D eigenvalue weighted by Crippen LogP contribution is -2.51. The number of aliphatic carboxylic acids is 1. The summed E-state index contributed by atoms with van der Waals surface area (Å²) >= 11 is 0. The zero-order valence-corrected chi connectivity index (χ0v) is 27.1. The van der Waals surface area contributed by atoms with Crippen LogP contribution in [0.1, 0.15) is 77.7 Å². The van der Waals surface area contributed by atoms with Gasteiger partial charge in [-0.05, 0) is 105 Å². The van der Waals surface area contributed by atoms with Gasteiger partial charge in [0.1, 0.15) is 11.8 Å². The minimum absolute atomic E-state index is 0.107. The monoisotopic (exact) mass is 630 g/mol. The highest BCUT2D eigenvalue weighted by Crippen LogP contribution is 2.66. The molecule has 4 N–H and O–H groups in total. The molecule has 0 spiro atoms. The molecule has 10 heteroatoms. The molecular weight excluding hydrogens is 584 g/mol. The number of carbonyl (C=O) groups is 4. The Balaban J connectivity index is 0.983. The summed E-state index contributed by atoms with van der Waals surface area (Å²) in [4.78, 5) is 57.6. The van der Waals surface area contributed by atoms with Gasteiger partial charge in [0.15, 0.2) is 6.61 Å². The lowest BCUT2D eigenvalue weighted by Gasteiger charge is -2.58. The third-order valence-electron chi connectivity index (χ3n) is 12.0. The van der Waals surface area contributed by atoms with Gasteiger partial charge in [0.25, 0.3) is 5.91 Å². The standard InChI is InChI=1S/C36H46N4O6/c1-21(41)27-10-11-28-26-9-8-23-17-24(12-14-35(23,2)29(26)13-15-36(27,28)3)40-46-20-33(43)38-19-32(42)39-31(34(44)45)16-22-18-37-30-7-5-4-6-25(22)30/h4-7,17-18,26-29,31,37H,8-16,19-20H2,1-3H3,(H,38,43)(H,39,42)(H,44,45)/b40-24+/t26-,27-,28+,29+,31-,35-,36+/m0/s1. The number of aromatic nitrogens is 1. The summed E-state index contributed by atoms with van der Waals surface area (Å²) in [5.74, 6) is 0.238. The number of carbonyl (C=O) groups excluding carboxylic acids is 3. The summed E-state index contributed by atoms with van der Waals surface area (Å²) in [6, 6.07) is 6.41. The normalized spacial score (nSPS) is 31.6. The SMILES string of the molecule is CC(=O)[C@@H]1CC[C@@H]2[C@@H]3CCC4=C/C(=N/OCC(=O)NCC(=O)N[C@@H](Cc5c[nH]c6ccccc56)C(=O)O)CC[C@]4(C)[C@@H]3CC[C@@]21C. The average molecular weight is 631 g/mol. The van der Waals surface area contributed by atoms with E-state index in [1.165, 1.54) is 18.4 Å². The molecule has 2 aromatic rings. The Hall–Kier alpha value is -3.95. The van der Waals surface area contributed by atoms with Crippen molar-refractivity contribution in [2.24, 2.45) is 39.7 Å². The molecule has 46 heavy (non-hydrogen) atoms. The first-order valence-electron chi connectivity index (χ1n) is 16.7. The molecule has 0 saturated heterocycles. The summed E-state index contributed by atoms with van der Waals surface area (Å²) in [6.07, 6.45) is 12.5. The van der Waals surface area contributed by atoms with E-state index >= 15 is 0 Å². The number of hydrogen-bond donors (Lipinski definition) is 4. The predicted molar refractivity (Wildman–Crippen MR) is 174 cm³/mol. The summed E-state index contributed by atoms with van der Waals surface area (Å²) < 4.78 is 0. The van der Waals surface area contributed by atoms with E-state index in [0.717, 1.165) is 60.7 Å². The Labute approximate surface area is 269 Å². The van der Waals surface area contributed by atoms with Gasteiger partial charge in [0, 0.05) is 29.4 Å². The van der Waals surface area contributed by atoms with E-state index in [0.29, 0.717) is 23.5 Å². The number of hydrogen-bond acceptors (Lipinski definition) is 6. The number of aromatic amines is 1. The number of carboxylic acid groups (broad SMARTS) is 1. The number of carboxylic acids is 1. The number of oxime groups is 1. The number of Topliss-reactive ketones (excluding diaryl/α,β-unsaturated/α-hetero) is 1. The molecule has 0 aliphatic heterocycles. The van der Waals surface area contributed by atoms with Crippen LogP contribution >= 0.6 is 0 Å². The first-order chi connectivity index (χ1) is 22.0. The van der Waals surface area contributed by atoms with E-state index in [1.807, 2.05) is 24.3 Å². The number of nitrogens with zero attached hydrogens (tertiary/aromatic N) is 1. The molecule has 2 amide bonds. The third-order valence-corrected chi connectivity index (χ3v) is 12.0. The Morgan fingerprint density at radius 1 is 1.04 bits per heavy atom. The fourth-order valence-corrected chi connectivity index (χ4v) is 9.68. The largest absolute Gasteiger partial charge is 0.480 e. The smallest absolute Gasteiger partial charge is 0.326 e. The molecule has 0 bridgehead atoms. The number of ketones is 1. The van der Waals surface area contributed by atoms with E-state index in [1.54, 1.807) is 13.1 Å². The van der Waals surface area contributed by atoms with Crippen molar-refractivity contribution in [3.63, 3.8) is 0 Å². The van der Waals surface area contributed by atoms with Crippen molar-refractivity contribution >= 4 is 40.2 Å². The predicted octanol–water partition coefficient (Wildman–Crippen LogP) is 4.94. The minimum Gasteiger partial charge on any atom is -0.480 e. The molecule has 3 fully saturated rings. The van der Waals surface area contributed by atoms with Crippen molar-refractivity contribution < 1.29 is 29.1 Å². The van der Waals surface area contributed by atoms with E-state index < -0.39 is 23.8 Å². The summed E-state index contributed by atoms with van der Waals surface area (Å²) in [7, 11) is 0. The van der Waals surface area contributed by atoms with Gasteiger partial charge in [-0.3, -0.25) is 14.4 Å². The number of para-hydroxylation sites is 1. The Kier molecular flexibility index (Phi) is 8.83. The number of nitrogens with one attached hydrogen (secondary N) is 3. The van der Waals surface area contributed by atoms with Gasteiger partial charge in [-0.1, -0.05) is 42.8 Å². The quantitative estimate of drug-likeness (QED) is 0.273. The Morgan fingerprint density at radius 3 is 2.63 bits per heavy atom. The number of amides is 2. The van der Waals surface area contributed by atoms with Gasteiger partial charge in [0.2, 0.25) is 5.91 Å². The van der Waals surface area contributed by atoms with Crippen molar-refractivity contribution in [3.8, 4) is 0 Å². The Bertz CT molecular complexity index is 1590. The van der Waals surface area contributed by atoms with Crippen LogP contribution in [-0.2, 0) is 30.4 Å². The molecule has 6 rings (SSSR count). The second kappa shape index (κ2) is 12.7. The van der Waals surface area contributed by atoms with Crippen LogP contribution in [0.2, 0.25) is 0 Å². The van der Waals surface area contributed by atoms with Gasteiger partial charge < -0.3 is 25.6 Å². The van der Waals surface area contributed by atoms with Crippen LogP contribution in [0.5, 0.6) is 0 Å². The van der Waals surface area contributed by atoms with Crippen LogP contribution < -0.4 is 10.6 Å². The Morgan fingerprint density at radius 2 is 1.85 bits per heavy atom. The van der Waals surface area contributed by atoms with E-state index in [4.69, 9.17) is 4.84 Å². The van der Waals surface area contributed by atoms with Gasteiger partial charge >= 0.3 is 5.97 Å². The first-order valence-corrected chi connectivity index (χ1v) is 16.7. The highest BCUT2D eigenvalue weighted by atomic mass is 16.6. The molecule has 0 unspecified atom stereocenters. The van der Waals surface area contributed by atoms with Crippen LogP contribution in [0.4, 0.5) is 0 Å². The van der Waals surface area contributed by atoms with Crippen LogP contribution in [0.15, 0.2) is 47.3 Å². The second-order valence-electron chi connectivity index (χ2n) is 14.4. The third kappa shape index (κ3) is 5.98. The maximum Gasteiger partial charge on any atom is 0.326 e. The highest BCUT2D eigenvalue weighted by molar-refractivity contribution is 5.96. The molecule has 4 aliphatic rings. The molecule has 1 aromatic carbocycles. The summed E-state index contributed by atoms with van der Waals surface area (Å²) in [5, 5.41) is 19.8. The number of fused-ring (bicyclic) bond motifs is 6. The van der Waals surface area contributed by atoms with E-state index in [9.17, 15) is 24.3 Å². The zero-order chi connectivity index (χ0) is 32.6. The van der Waals surface area contributed by atoms with E-state index in [2.05, 4.69) is 40.7 Å². The fourth-order valence-electron chi connectivity index (χ4n) is 9.68. The molecule has 10 nitrogen and oxygen atoms in total. The molecule has 0 radical (unpaired) electrons. The molecule has 1 aromatic heterocycles. The number of benzene rings is 1. The number of allylic oxidation sites excluding steroid dienone is 2. The van der Waals surface area contributed by atoms with Crippen molar-refractivity contribution in [3.05, 3.63) is 47.7 Å². The van der Waals surface area contributed by atoms with Crippen LogP contribution in [0.25, 0.3) is 10.9 Å². The first kappa shape index (κ1) is 32.0. The molecule has 7 atom stereocenters. The molecule has 1 heterocycles. The molecular formula is C36H46N4O6. The highest BCUT2D eigenvalue weighted by Gasteiger charge is 2.59. The summed E-state index contributed by atoms with van der Waals surface area (Å²) in [5.41, 5.74) is 4.20. The number of H-pyrrole nitrogens is 1. The second-order valence-corrected chi connectivity index (χ2v) is 14.4. The molecule has 246 valence electrons. The van der Waals surface area contributed by atoms with Crippen LogP contribution in [0, 0.1) is 34.5 Å². The van der Waals surface area contributed by atoms with Crippen LogP contribution in [-0.4, -0.2) is 58.6 Å². The van der Waals surface area contributed by atoms with Gasteiger partial charge in [0.05, 0.1) is 12.3 Å². The number of rotatable bonds is 10. The maximum atomic E-state index is 12.5. The lowest BCUT2D eigenvalue weighted by molar-refractivity contribution is -0.141. The summed E-state index contributed by atoms with van der Waals surface area (Å²) in [6.45, 7) is 5.88. The van der Waals surface area contributed by atoms with Crippen molar-refractivity contribution in [1.29, 1.82) is 0 Å². The lowest BCUT2D eigenvalue weighted by atomic mass is 9.46. The zero-order valence-electron chi connectivity index (χ0n) is 27.1.